The molecule has 0 aromatic heterocycles. The van der Waals surface area contributed by atoms with Crippen LogP contribution in [0.2, 0.25) is 0 Å². The Balaban J connectivity index is 2.72. The van der Waals surface area contributed by atoms with Gasteiger partial charge in [-0.25, -0.2) is 0 Å². The number of hydrogen-bond donors (Lipinski definition) is 1. The van der Waals surface area contributed by atoms with Crippen LogP contribution in [0.15, 0.2) is 28.7 Å². The van der Waals surface area contributed by atoms with Crippen LogP contribution in [0.4, 0.5) is 0 Å². The lowest BCUT2D eigenvalue weighted by atomic mass is 9.81. The molecule has 2 N–H and O–H groups in total. The van der Waals surface area contributed by atoms with Crippen molar-refractivity contribution in [2.75, 3.05) is 0 Å². The van der Waals surface area contributed by atoms with Crippen molar-refractivity contribution in [1.29, 1.82) is 0 Å². The maximum Gasteiger partial charge on any atom is 0.0192 e. The minimum absolute atomic E-state index is 0.109. The largest absolute Gasteiger partial charge is 0.325 e. The second-order valence-corrected chi connectivity index (χ2v) is 5.53. The fourth-order valence-corrected chi connectivity index (χ4v) is 1.95. The number of benzene rings is 1. The Kier molecular flexibility index (Phi) is 4.35. The molecule has 0 saturated heterocycles. The average Bonchev–Trinajstić information content (AvgIpc) is 2.20. The summed E-state index contributed by atoms with van der Waals surface area (Å²) in [6.07, 6.45) is 2.07. The van der Waals surface area contributed by atoms with Crippen LogP contribution in [0.1, 0.15) is 32.8 Å². The third-order valence-electron chi connectivity index (χ3n) is 3.24. The molecule has 0 saturated carbocycles. The zero-order valence-corrected chi connectivity index (χ0v) is 11.3. The summed E-state index contributed by atoms with van der Waals surface area (Å²) < 4.78 is 1.12. The van der Waals surface area contributed by atoms with E-state index in [1.165, 1.54) is 5.56 Å². The molecular weight excluding hydrogens is 250 g/mol. The van der Waals surface area contributed by atoms with Crippen LogP contribution in [0, 0.1) is 5.92 Å². The molecule has 0 fully saturated rings. The topological polar surface area (TPSA) is 26.0 Å². The molecule has 1 aromatic rings. The van der Waals surface area contributed by atoms with E-state index in [-0.39, 0.29) is 5.54 Å². The summed E-state index contributed by atoms with van der Waals surface area (Å²) in [6, 6.07) is 8.42. The van der Waals surface area contributed by atoms with Crippen LogP contribution >= 0.6 is 15.9 Å². The third kappa shape index (κ3) is 3.62. The van der Waals surface area contributed by atoms with Crippen LogP contribution in [0.3, 0.4) is 0 Å². The van der Waals surface area contributed by atoms with Crippen LogP contribution in [0.25, 0.3) is 0 Å². The highest BCUT2D eigenvalue weighted by Crippen LogP contribution is 2.22. The molecule has 0 heterocycles. The Bertz CT molecular complexity index is 303. The SMILES string of the molecule is CCC(C)C(C)(N)Cc1ccc(Br)cc1. The molecule has 1 aromatic carbocycles. The van der Waals surface area contributed by atoms with E-state index in [0.29, 0.717) is 5.92 Å². The van der Waals surface area contributed by atoms with Gasteiger partial charge in [0.1, 0.15) is 0 Å². The van der Waals surface area contributed by atoms with Crippen molar-refractivity contribution in [1.82, 2.24) is 0 Å². The molecule has 2 atom stereocenters. The van der Waals surface area contributed by atoms with Gasteiger partial charge in [0.15, 0.2) is 0 Å². The minimum atomic E-state index is -0.109. The second kappa shape index (κ2) is 5.13. The molecule has 15 heavy (non-hydrogen) atoms. The molecule has 2 unspecified atom stereocenters. The quantitative estimate of drug-likeness (QED) is 0.885. The van der Waals surface area contributed by atoms with Crippen LogP contribution in [-0.2, 0) is 6.42 Å². The lowest BCUT2D eigenvalue weighted by molar-refractivity contribution is 0.306. The molecule has 0 bridgehead atoms. The van der Waals surface area contributed by atoms with Gasteiger partial charge < -0.3 is 5.73 Å². The molecule has 1 rings (SSSR count). The Hall–Kier alpha value is -0.340. The summed E-state index contributed by atoms with van der Waals surface area (Å²) >= 11 is 3.44. The molecule has 0 radical (unpaired) electrons. The van der Waals surface area contributed by atoms with Crippen LogP contribution in [-0.4, -0.2) is 5.54 Å². The van der Waals surface area contributed by atoms with Crippen molar-refractivity contribution in [3.05, 3.63) is 34.3 Å². The number of nitrogens with two attached hydrogens (primary N) is 1. The molecule has 84 valence electrons. The molecule has 0 aliphatic rings. The van der Waals surface area contributed by atoms with Gasteiger partial charge in [0.2, 0.25) is 0 Å². The van der Waals surface area contributed by atoms with Crippen molar-refractivity contribution in [3.63, 3.8) is 0 Å². The first kappa shape index (κ1) is 12.7. The van der Waals surface area contributed by atoms with E-state index in [9.17, 15) is 0 Å². The van der Waals surface area contributed by atoms with Crippen molar-refractivity contribution in [2.24, 2.45) is 11.7 Å². The van der Waals surface area contributed by atoms with Gasteiger partial charge in [-0.05, 0) is 37.0 Å². The van der Waals surface area contributed by atoms with Gasteiger partial charge in [-0.3, -0.25) is 0 Å². The van der Waals surface area contributed by atoms with E-state index >= 15 is 0 Å². The smallest absolute Gasteiger partial charge is 0.0192 e. The molecular formula is C13H20BrN. The summed E-state index contributed by atoms with van der Waals surface area (Å²) in [6.45, 7) is 6.55. The zero-order chi connectivity index (χ0) is 11.5. The van der Waals surface area contributed by atoms with E-state index in [0.717, 1.165) is 17.3 Å². The maximum atomic E-state index is 6.33. The Labute approximate surface area is 101 Å². The van der Waals surface area contributed by atoms with Gasteiger partial charge in [-0.1, -0.05) is 48.3 Å². The predicted molar refractivity (Wildman–Crippen MR) is 69.9 cm³/mol. The first-order chi connectivity index (χ1) is 6.95. The summed E-state index contributed by atoms with van der Waals surface area (Å²) in [5.41, 5.74) is 7.53. The van der Waals surface area contributed by atoms with E-state index in [1.807, 2.05) is 0 Å². The first-order valence-electron chi connectivity index (χ1n) is 5.49. The van der Waals surface area contributed by atoms with Gasteiger partial charge in [0.25, 0.3) is 0 Å². The highest BCUT2D eigenvalue weighted by molar-refractivity contribution is 9.10. The highest BCUT2D eigenvalue weighted by atomic mass is 79.9. The fourth-order valence-electron chi connectivity index (χ4n) is 1.68. The van der Waals surface area contributed by atoms with Crippen molar-refractivity contribution in [3.8, 4) is 0 Å². The summed E-state index contributed by atoms with van der Waals surface area (Å²) in [5, 5.41) is 0. The monoisotopic (exact) mass is 269 g/mol. The fraction of sp³-hybridized carbons (Fsp3) is 0.538. The minimum Gasteiger partial charge on any atom is -0.325 e. The second-order valence-electron chi connectivity index (χ2n) is 4.62. The first-order valence-corrected chi connectivity index (χ1v) is 6.28. The normalized spacial score (nSPS) is 17.1. The zero-order valence-electron chi connectivity index (χ0n) is 9.76. The van der Waals surface area contributed by atoms with Crippen molar-refractivity contribution < 1.29 is 0 Å². The van der Waals surface area contributed by atoms with E-state index < -0.39 is 0 Å². The molecule has 0 spiro atoms. The summed E-state index contributed by atoms with van der Waals surface area (Å²) in [7, 11) is 0. The predicted octanol–water partition coefficient (Wildman–Crippen LogP) is 3.76. The van der Waals surface area contributed by atoms with Gasteiger partial charge in [-0.2, -0.15) is 0 Å². The van der Waals surface area contributed by atoms with Gasteiger partial charge in [0.05, 0.1) is 0 Å². The van der Waals surface area contributed by atoms with Crippen LogP contribution < -0.4 is 5.73 Å². The molecule has 0 aliphatic carbocycles. The van der Waals surface area contributed by atoms with Crippen molar-refractivity contribution in [2.45, 2.75) is 39.2 Å². The molecule has 0 aliphatic heterocycles. The molecule has 2 heteroatoms. The van der Waals surface area contributed by atoms with Gasteiger partial charge in [-0.15, -0.1) is 0 Å². The average molecular weight is 270 g/mol. The Morgan fingerprint density at radius 2 is 1.87 bits per heavy atom. The standard InChI is InChI=1S/C13H20BrN/c1-4-10(2)13(3,15)9-11-5-7-12(14)8-6-11/h5-8,10H,4,9,15H2,1-3H3. The van der Waals surface area contributed by atoms with E-state index in [1.54, 1.807) is 0 Å². The third-order valence-corrected chi connectivity index (χ3v) is 3.77. The van der Waals surface area contributed by atoms with E-state index in [2.05, 4.69) is 61.0 Å². The summed E-state index contributed by atoms with van der Waals surface area (Å²) in [5.74, 6) is 0.543. The number of halogens is 1. The van der Waals surface area contributed by atoms with Crippen LogP contribution in [0.5, 0.6) is 0 Å². The Morgan fingerprint density at radius 1 is 1.33 bits per heavy atom. The molecule has 1 nitrogen and oxygen atoms in total. The summed E-state index contributed by atoms with van der Waals surface area (Å²) in [4.78, 5) is 0. The number of rotatable bonds is 4. The van der Waals surface area contributed by atoms with Crippen molar-refractivity contribution >= 4 is 15.9 Å². The molecule has 0 amide bonds. The maximum absolute atomic E-state index is 6.33. The van der Waals surface area contributed by atoms with E-state index in [4.69, 9.17) is 5.73 Å². The Morgan fingerprint density at radius 3 is 2.33 bits per heavy atom. The van der Waals surface area contributed by atoms with Gasteiger partial charge in [0, 0.05) is 10.0 Å². The lowest BCUT2D eigenvalue weighted by Crippen LogP contribution is -2.44. The highest BCUT2D eigenvalue weighted by Gasteiger charge is 2.25. The lowest BCUT2D eigenvalue weighted by Gasteiger charge is -2.31. The number of hydrogen-bond acceptors (Lipinski definition) is 1. The van der Waals surface area contributed by atoms with Gasteiger partial charge >= 0.3 is 0 Å².